The van der Waals surface area contributed by atoms with E-state index >= 15 is 0 Å². The Bertz CT molecular complexity index is 608. The van der Waals surface area contributed by atoms with E-state index in [-0.39, 0.29) is 11.8 Å². The van der Waals surface area contributed by atoms with Crippen LogP contribution in [0.5, 0.6) is 5.75 Å². The van der Waals surface area contributed by atoms with Crippen LogP contribution in [0.15, 0.2) is 18.2 Å². The van der Waals surface area contributed by atoms with Gasteiger partial charge in [-0.15, -0.1) is 0 Å². The van der Waals surface area contributed by atoms with Crippen molar-refractivity contribution < 1.29 is 13.2 Å². The second kappa shape index (κ2) is 8.13. The fourth-order valence-electron chi connectivity index (χ4n) is 3.01. The number of rotatable bonds is 7. The second-order valence-corrected chi connectivity index (χ2v) is 8.16. The summed E-state index contributed by atoms with van der Waals surface area (Å²) in [6.07, 6.45) is 2.39. The molecule has 0 unspecified atom stereocenters. The predicted octanol–water partition coefficient (Wildman–Crippen LogP) is 2.30. The number of aryl methyl sites for hydroxylation is 1. The molecule has 130 valence electrons. The molecule has 0 aliphatic carbocycles. The van der Waals surface area contributed by atoms with Gasteiger partial charge in [0.05, 0.1) is 12.9 Å². The lowest BCUT2D eigenvalue weighted by molar-refractivity contribution is 0.199. The third kappa shape index (κ3) is 5.48. The Balaban J connectivity index is 1.85. The molecular weight excluding hydrogens is 312 g/mol. The highest BCUT2D eigenvalue weighted by Gasteiger charge is 2.23. The van der Waals surface area contributed by atoms with E-state index in [4.69, 9.17) is 4.74 Å². The third-order valence-corrected chi connectivity index (χ3v) is 5.92. The van der Waals surface area contributed by atoms with Crippen molar-refractivity contribution in [1.82, 2.24) is 9.62 Å². The van der Waals surface area contributed by atoms with Crippen LogP contribution >= 0.6 is 0 Å². The summed E-state index contributed by atoms with van der Waals surface area (Å²) in [5, 5.41) is 0. The Kier molecular flexibility index (Phi) is 6.44. The minimum absolute atomic E-state index is 0.0790. The Hall–Kier alpha value is -1.11. The molecule has 1 aromatic rings. The second-order valence-electron chi connectivity index (χ2n) is 6.29. The monoisotopic (exact) mass is 340 g/mol. The topological polar surface area (TPSA) is 58.6 Å². The van der Waals surface area contributed by atoms with Gasteiger partial charge in [0.25, 0.3) is 0 Å². The number of piperidine rings is 1. The van der Waals surface area contributed by atoms with Gasteiger partial charge in [0, 0.05) is 25.7 Å². The first-order valence-corrected chi connectivity index (χ1v) is 9.94. The SMILES string of the molecule is CCCS(=O)(=O)NC1CCN(Cc2ccc(C)c(OC)c2)CC1. The van der Waals surface area contributed by atoms with Crippen LogP contribution in [0.2, 0.25) is 0 Å². The number of likely N-dealkylation sites (tertiary alicyclic amines) is 1. The molecule has 0 bridgehead atoms. The van der Waals surface area contributed by atoms with Crippen LogP contribution < -0.4 is 9.46 Å². The number of methoxy groups -OCH3 is 1. The number of hydrogen-bond donors (Lipinski definition) is 1. The van der Waals surface area contributed by atoms with Gasteiger partial charge in [0.2, 0.25) is 10.0 Å². The van der Waals surface area contributed by atoms with Crippen LogP contribution in [0.1, 0.15) is 37.3 Å². The summed E-state index contributed by atoms with van der Waals surface area (Å²) in [4.78, 5) is 2.37. The van der Waals surface area contributed by atoms with Gasteiger partial charge in [0.1, 0.15) is 5.75 Å². The molecule has 23 heavy (non-hydrogen) atoms. The lowest BCUT2D eigenvalue weighted by Gasteiger charge is -2.32. The summed E-state index contributed by atoms with van der Waals surface area (Å²) >= 11 is 0. The van der Waals surface area contributed by atoms with Gasteiger partial charge in [-0.3, -0.25) is 4.90 Å². The molecule has 5 nitrogen and oxygen atoms in total. The van der Waals surface area contributed by atoms with Crippen molar-refractivity contribution in [3.05, 3.63) is 29.3 Å². The third-order valence-electron chi connectivity index (χ3n) is 4.29. The smallest absolute Gasteiger partial charge is 0.211 e. The minimum Gasteiger partial charge on any atom is -0.496 e. The predicted molar refractivity (Wildman–Crippen MR) is 93.2 cm³/mol. The molecule has 0 radical (unpaired) electrons. The zero-order chi connectivity index (χ0) is 16.9. The molecule has 1 fully saturated rings. The van der Waals surface area contributed by atoms with Gasteiger partial charge >= 0.3 is 0 Å². The number of nitrogens with one attached hydrogen (secondary N) is 1. The Labute approximate surface area is 140 Å². The lowest BCUT2D eigenvalue weighted by Crippen LogP contribution is -2.44. The quantitative estimate of drug-likeness (QED) is 0.827. The average molecular weight is 340 g/mol. The molecule has 1 saturated heterocycles. The maximum absolute atomic E-state index is 11.8. The summed E-state index contributed by atoms with van der Waals surface area (Å²) in [5.41, 5.74) is 2.37. The summed E-state index contributed by atoms with van der Waals surface area (Å²) in [7, 11) is -1.41. The van der Waals surface area contributed by atoms with E-state index in [1.165, 1.54) is 5.56 Å². The van der Waals surface area contributed by atoms with Crippen molar-refractivity contribution in [3.8, 4) is 5.75 Å². The van der Waals surface area contributed by atoms with Gasteiger partial charge in [-0.1, -0.05) is 19.1 Å². The molecule has 1 N–H and O–H groups in total. The molecule has 0 spiro atoms. The largest absolute Gasteiger partial charge is 0.496 e. The molecule has 0 amide bonds. The van der Waals surface area contributed by atoms with Crippen LogP contribution in [0, 0.1) is 6.92 Å². The van der Waals surface area contributed by atoms with Crippen LogP contribution in [-0.4, -0.2) is 45.3 Å². The molecule has 0 saturated carbocycles. The molecular formula is C17H28N2O3S. The number of hydrogen-bond acceptors (Lipinski definition) is 4. The van der Waals surface area contributed by atoms with E-state index in [2.05, 4.69) is 27.8 Å². The van der Waals surface area contributed by atoms with E-state index in [1.54, 1.807) is 7.11 Å². The van der Waals surface area contributed by atoms with E-state index in [0.717, 1.165) is 43.8 Å². The van der Waals surface area contributed by atoms with Crippen LogP contribution in [0.3, 0.4) is 0 Å². The van der Waals surface area contributed by atoms with Crippen LogP contribution in [0.25, 0.3) is 0 Å². The molecule has 1 aliphatic rings. The van der Waals surface area contributed by atoms with Crippen molar-refractivity contribution in [3.63, 3.8) is 0 Å². The van der Waals surface area contributed by atoms with Crippen molar-refractivity contribution >= 4 is 10.0 Å². The van der Waals surface area contributed by atoms with E-state index in [1.807, 2.05) is 13.8 Å². The Morgan fingerprint density at radius 1 is 1.30 bits per heavy atom. The molecule has 1 aliphatic heterocycles. The number of benzene rings is 1. The standard InChI is InChI=1S/C17H28N2O3S/c1-4-11-23(20,21)18-16-7-9-19(10-8-16)13-15-6-5-14(2)17(12-15)22-3/h5-6,12,16,18H,4,7-11,13H2,1-3H3. The molecule has 0 aromatic heterocycles. The molecule has 1 aromatic carbocycles. The van der Waals surface area contributed by atoms with Gasteiger partial charge in [-0.2, -0.15) is 0 Å². The number of sulfonamides is 1. The summed E-state index contributed by atoms with van der Waals surface area (Å²) in [6, 6.07) is 6.38. The van der Waals surface area contributed by atoms with Crippen molar-refractivity contribution in [1.29, 1.82) is 0 Å². The van der Waals surface area contributed by atoms with Crippen molar-refractivity contribution in [2.24, 2.45) is 0 Å². The van der Waals surface area contributed by atoms with Gasteiger partial charge in [-0.25, -0.2) is 13.1 Å². The first kappa shape index (κ1) is 18.2. The summed E-state index contributed by atoms with van der Waals surface area (Å²) in [5.74, 6) is 1.14. The highest BCUT2D eigenvalue weighted by molar-refractivity contribution is 7.89. The zero-order valence-electron chi connectivity index (χ0n) is 14.3. The van der Waals surface area contributed by atoms with Gasteiger partial charge in [0.15, 0.2) is 0 Å². The number of ether oxygens (including phenoxy) is 1. The maximum atomic E-state index is 11.8. The first-order chi connectivity index (χ1) is 10.9. The lowest BCUT2D eigenvalue weighted by atomic mass is 10.0. The molecule has 1 heterocycles. The fraction of sp³-hybridized carbons (Fsp3) is 0.647. The van der Waals surface area contributed by atoms with Crippen molar-refractivity contribution in [2.75, 3.05) is 26.0 Å². The maximum Gasteiger partial charge on any atom is 0.211 e. The molecule has 6 heteroatoms. The average Bonchev–Trinajstić information content (AvgIpc) is 2.50. The fourth-order valence-corrected chi connectivity index (χ4v) is 4.41. The normalized spacial score (nSPS) is 17.3. The Morgan fingerprint density at radius 2 is 2.00 bits per heavy atom. The van der Waals surface area contributed by atoms with Gasteiger partial charge < -0.3 is 4.74 Å². The van der Waals surface area contributed by atoms with E-state index in [0.29, 0.717) is 6.42 Å². The molecule has 0 atom stereocenters. The van der Waals surface area contributed by atoms with E-state index in [9.17, 15) is 8.42 Å². The summed E-state index contributed by atoms with van der Waals surface area (Å²) in [6.45, 7) is 6.63. The van der Waals surface area contributed by atoms with Gasteiger partial charge in [-0.05, 0) is 43.4 Å². The van der Waals surface area contributed by atoms with Crippen LogP contribution in [-0.2, 0) is 16.6 Å². The van der Waals surface area contributed by atoms with Crippen molar-refractivity contribution in [2.45, 2.75) is 45.7 Å². The first-order valence-electron chi connectivity index (χ1n) is 8.29. The Morgan fingerprint density at radius 3 is 2.61 bits per heavy atom. The zero-order valence-corrected chi connectivity index (χ0v) is 15.2. The number of nitrogens with zero attached hydrogens (tertiary/aromatic N) is 1. The molecule has 2 rings (SSSR count). The summed E-state index contributed by atoms with van der Waals surface area (Å²) < 4.78 is 31.9. The minimum atomic E-state index is -3.11. The van der Waals surface area contributed by atoms with Crippen LogP contribution in [0.4, 0.5) is 0 Å². The highest BCUT2D eigenvalue weighted by atomic mass is 32.2. The highest BCUT2D eigenvalue weighted by Crippen LogP contribution is 2.21. The van der Waals surface area contributed by atoms with E-state index < -0.39 is 10.0 Å².